The highest BCUT2D eigenvalue weighted by Gasteiger charge is 2.46. The number of esters is 2. The molecule has 0 aromatic rings. The van der Waals surface area contributed by atoms with Crippen molar-refractivity contribution in [2.75, 3.05) is 12.4 Å². The Balaban J connectivity index is 5.09. The molecule has 0 aliphatic heterocycles. The van der Waals surface area contributed by atoms with E-state index in [9.17, 15) is 14.4 Å². The molecule has 22 heavy (non-hydrogen) atoms. The van der Waals surface area contributed by atoms with Crippen molar-refractivity contribution in [2.45, 2.75) is 59.3 Å². The van der Waals surface area contributed by atoms with Gasteiger partial charge in [0, 0.05) is 10.5 Å². The summed E-state index contributed by atoms with van der Waals surface area (Å²) in [5, 5.41) is 0. The van der Waals surface area contributed by atoms with E-state index in [1.54, 1.807) is 20.8 Å². The fourth-order valence-corrected chi connectivity index (χ4v) is 2.21. The Labute approximate surface area is 136 Å². The first-order chi connectivity index (χ1) is 9.92. The van der Waals surface area contributed by atoms with Crippen LogP contribution in [0.2, 0.25) is 0 Å². The summed E-state index contributed by atoms with van der Waals surface area (Å²) in [6.07, 6.45) is -1.53. The highest BCUT2D eigenvalue weighted by atomic mass is 32.2. The quantitative estimate of drug-likeness (QED) is 0.545. The molecule has 1 unspecified atom stereocenters. The maximum absolute atomic E-state index is 12.3. The summed E-state index contributed by atoms with van der Waals surface area (Å²) < 4.78 is 14.2. The van der Waals surface area contributed by atoms with Gasteiger partial charge in [-0.2, -0.15) is 11.8 Å². The zero-order chi connectivity index (χ0) is 17.6. The van der Waals surface area contributed by atoms with E-state index < -0.39 is 29.6 Å². The normalized spacial score (nSPS) is 14.2. The van der Waals surface area contributed by atoms with E-state index in [0.29, 0.717) is 0 Å². The van der Waals surface area contributed by atoms with Crippen LogP contribution in [0.1, 0.15) is 48.5 Å². The Hall–Kier alpha value is -1.24. The molecule has 128 valence electrons. The van der Waals surface area contributed by atoms with Gasteiger partial charge >= 0.3 is 18.1 Å². The third-order valence-electron chi connectivity index (χ3n) is 2.48. The fraction of sp³-hybridized carbons (Fsp3) is 0.800. The van der Waals surface area contributed by atoms with Crippen molar-refractivity contribution >= 4 is 29.9 Å². The van der Waals surface area contributed by atoms with Crippen molar-refractivity contribution in [1.82, 2.24) is 0 Å². The van der Waals surface area contributed by atoms with Gasteiger partial charge in [0.2, 0.25) is 0 Å². The standard InChI is InChI=1S/C15H26O6S/c1-8-19-11(16)15(7,9-22-14(4,5)6)12(17)21-13(18)20-10(2)3/h10H,8-9H2,1-7H3. The summed E-state index contributed by atoms with van der Waals surface area (Å²) in [5.74, 6) is -1.54. The SMILES string of the molecule is CCOC(=O)C(C)(CSC(C)(C)C)C(=O)OC(=O)OC(C)C. The second kappa shape index (κ2) is 8.41. The van der Waals surface area contributed by atoms with Crippen molar-refractivity contribution in [3.63, 3.8) is 0 Å². The molecule has 0 amide bonds. The first-order valence-electron chi connectivity index (χ1n) is 7.16. The van der Waals surface area contributed by atoms with Gasteiger partial charge in [0.15, 0.2) is 5.41 Å². The number of hydrogen-bond acceptors (Lipinski definition) is 7. The molecular weight excluding hydrogens is 308 g/mol. The number of hydrogen-bond donors (Lipinski definition) is 0. The van der Waals surface area contributed by atoms with Gasteiger partial charge < -0.3 is 14.2 Å². The summed E-state index contributed by atoms with van der Waals surface area (Å²) in [6.45, 7) is 12.3. The second-order valence-corrected chi connectivity index (χ2v) is 8.06. The minimum Gasteiger partial charge on any atom is -0.465 e. The number of rotatable bonds is 6. The Kier molecular flexibility index (Phi) is 7.93. The zero-order valence-corrected chi connectivity index (χ0v) is 15.2. The highest BCUT2D eigenvalue weighted by Crippen LogP contribution is 2.33. The molecule has 0 aliphatic rings. The first kappa shape index (κ1) is 20.8. The van der Waals surface area contributed by atoms with Gasteiger partial charge in [-0.25, -0.2) is 4.79 Å². The lowest BCUT2D eigenvalue weighted by molar-refractivity contribution is -0.166. The van der Waals surface area contributed by atoms with Gasteiger partial charge in [-0.1, -0.05) is 20.8 Å². The molecule has 0 rings (SSSR count). The van der Waals surface area contributed by atoms with E-state index in [1.165, 1.54) is 18.7 Å². The molecule has 1 atom stereocenters. The van der Waals surface area contributed by atoms with Crippen LogP contribution in [0.15, 0.2) is 0 Å². The van der Waals surface area contributed by atoms with Gasteiger partial charge in [-0.3, -0.25) is 9.59 Å². The minimum absolute atomic E-state index is 0.137. The number of thioether (sulfide) groups is 1. The van der Waals surface area contributed by atoms with Crippen LogP contribution in [0.3, 0.4) is 0 Å². The molecule has 0 bridgehead atoms. The van der Waals surface area contributed by atoms with E-state index in [4.69, 9.17) is 9.47 Å². The Morgan fingerprint density at radius 2 is 1.59 bits per heavy atom. The van der Waals surface area contributed by atoms with E-state index in [-0.39, 0.29) is 17.1 Å². The van der Waals surface area contributed by atoms with Gasteiger partial charge in [-0.05, 0) is 27.7 Å². The van der Waals surface area contributed by atoms with Crippen LogP contribution < -0.4 is 0 Å². The van der Waals surface area contributed by atoms with Gasteiger partial charge in [0.05, 0.1) is 12.7 Å². The summed E-state index contributed by atoms with van der Waals surface area (Å²) in [5.41, 5.74) is -1.57. The van der Waals surface area contributed by atoms with E-state index in [0.717, 1.165) is 0 Å². The zero-order valence-electron chi connectivity index (χ0n) is 14.3. The average Bonchev–Trinajstić information content (AvgIpc) is 2.33. The lowest BCUT2D eigenvalue weighted by atomic mass is 9.93. The van der Waals surface area contributed by atoms with E-state index in [2.05, 4.69) is 4.74 Å². The molecule has 0 fully saturated rings. The minimum atomic E-state index is -1.57. The third-order valence-corrected chi connectivity index (χ3v) is 4.07. The van der Waals surface area contributed by atoms with Crippen LogP contribution in [-0.4, -0.2) is 41.3 Å². The molecule has 0 radical (unpaired) electrons. The fourth-order valence-electron chi connectivity index (χ4n) is 1.26. The lowest BCUT2D eigenvalue weighted by Crippen LogP contribution is -2.43. The van der Waals surface area contributed by atoms with Gasteiger partial charge in [-0.15, -0.1) is 0 Å². The lowest BCUT2D eigenvalue weighted by Gasteiger charge is -2.27. The van der Waals surface area contributed by atoms with Crippen molar-refractivity contribution in [3.8, 4) is 0 Å². The van der Waals surface area contributed by atoms with E-state index >= 15 is 0 Å². The number of carbonyl (C=O) groups excluding carboxylic acids is 3. The summed E-state index contributed by atoms with van der Waals surface area (Å²) in [4.78, 5) is 35.9. The second-order valence-electron chi connectivity index (χ2n) is 6.26. The van der Waals surface area contributed by atoms with Crippen molar-refractivity contribution in [2.24, 2.45) is 5.41 Å². The van der Waals surface area contributed by atoms with E-state index in [1.807, 2.05) is 20.8 Å². The van der Waals surface area contributed by atoms with Crippen molar-refractivity contribution in [3.05, 3.63) is 0 Å². The predicted octanol–water partition coefficient (Wildman–Crippen LogP) is 3.18. The van der Waals surface area contributed by atoms with Gasteiger partial charge in [0.25, 0.3) is 0 Å². The molecule has 0 saturated carbocycles. The molecule has 7 heteroatoms. The molecular formula is C15H26O6S. The smallest absolute Gasteiger partial charge is 0.465 e. The van der Waals surface area contributed by atoms with Crippen LogP contribution in [0, 0.1) is 5.41 Å². The molecule has 0 aromatic carbocycles. The molecule has 0 heterocycles. The Morgan fingerprint density at radius 1 is 1.05 bits per heavy atom. The van der Waals surface area contributed by atoms with Crippen molar-refractivity contribution in [1.29, 1.82) is 0 Å². The summed E-state index contributed by atoms with van der Waals surface area (Å²) in [6, 6.07) is 0. The van der Waals surface area contributed by atoms with Crippen LogP contribution in [0.25, 0.3) is 0 Å². The molecule has 6 nitrogen and oxygen atoms in total. The average molecular weight is 334 g/mol. The maximum atomic E-state index is 12.3. The number of ether oxygens (including phenoxy) is 3. The molecule has 0 saturated heterocycles. The Morgan fingerprint density at radius 3 is 2.00 bits per heavy atom. The van der Waals surface area contributed by atoms with Crippen LogP contribution in [0.4, 0.5) is 4.79 Å². The molecule has 0 aliphatic carbocycles. The predicted molar refractivity (Wildman–Crippen MR) is 84.7 cm³/mol. The molecule has 0 N–H and O–H groups in total. The highest BCUT2D eigenvalue weighted by molar-refractivity contribution is 8.00. The third kappa shape index (κ3) is 7.15. The monoisotopic (exact) mass is 334 g/mol. The summed E-state index contributed by atoms with van der Waals surface area (Å²) in [7, 11) is 0. The van der Waals surface area contributed by atoms with Crippen molar-refractivity contribution < 1.29 is 28.6 Å². The maximum Gasteiger partial charge on any atom is 0.516 e. The topological polar surface area (TPSA) is 78.9 Å². The van der Waals surface area contributed by atoms with Crippen LogP contribution in [-0.2, 0) is 23.8 Å². The molecule has 0 spiro atoms. The van der Waals surface area contributed by atoms with Crippen LogP contribution in [0.5, 0.6) is 0 Å². The Bertz CT molecular complexity index is 413. The largest absolute Gasteiger partial charge is 0.516 e. The molecule has 0 aromatic heterocycles. The van der Waals surface area contributed by atoms with Crippen LogP contribution >= 0.6 is 11.8 Å². The summed E-state index contributed by atoms with van der Waals surface area (Å²) >= 11 is 1.41. The van der Waals surface area contributed by atoms with Gasteiger partial charge in [0.1, 0.15) is 0 Å². The number of carbonyl (C=O) groups is 3. The first-order valence-corrected chi connectivity index (χ1v) is 8.15.